The van der Waals surface area contributed by atoms with Crippen molar-refractivity contribution in [3.05, 3.63) is 82.9 Å². The number of carbonyl (C=O) groups is 1. The first-order valence-corrected chi connectivity index (χ1v) is 19.6. The average Bonchev–Trinajstić information content (AvgIpc) is 2.80. The molecule has 5 heteroatoms. The van der Waals surface area contributed by atoms with Gasteiger partial charge in [-0.3, -0.25) is 4.79 Å². The Hall–Kier alpha value is -2.06. The van der Waals surface area contributed by atoms with E-state index in [-0.39, 0.29) is 21.8 Å². The van der Waals surface area contributed by atoms with Gasteiger partial charge in [0.2, 0.25) is 0 Å². The molecule has 0 saturated heterocycles. The average molecular weight is 551 g/mol. The van der Waals surface area contributed by atoms with Crippen molar-refractivity contribution in [2.24, 2.45) is 0 Å². The van der Waals surface area contributed by atoms with Crippen LogP contribution in [0.25, 0.3) is 12.2 Å². The summed E-state index contributed by atoms with van der Waals surface area (Å²) in [6, 6.07) is 16.4. The molecule has 0 N–H and O–H groups in total. The van der Waals surface area contributed by atoms with E-state index in [1.54, 1.807) is 6.92 Å². The van der Waals surface area contributed by atoms with Crippen LogP contribution in [0.15, 0.2) is 60.7 Å². The second kappa shape index (κ2) is 12.9. The van der Waals surface area contributed by atoms with Gasteiger partial charge in [0.1, 0.15) is 5.78 Å². The van der Waals surface area contributed by atoms with Crippen LogP contribution in [-0.4, -0.2) is 35.6 Å². The molecular formula is C33H50O3Si2. The first-order chi connectivity index (χ1) is 17.5. The first-order valence-electron chi connectivity index (χ1n) is 13.8. The molecule has 0 spiro atoms. The molecule has 38 heavy (non-hydrogen) atoms. The number of rotatable bonds is 11. The van der Waals surface area contributed by atoms with Crippen LogP contribution in [0.3, 0.4) is 0 Å². The molecule has 2 rings (SSSR count). The molecule has 1 atom stereocenters. The first kappa shape index (κ1) is 32.2. The molecular weight excluding hydrogens is 501 g/mol. The van der Waals surface area contributed by atoms with Gasteiger partial charge >= 0.3 is 0 Å². The molecule has 0 aromatic heterocycles. The summed E-state index contributed by atoms with van der Waals surface area (Å²) in [4.78, 5) is 13.1. The summed E-state index contributed by atoms with van der Waals surface area (Å²) in [6.45, 7) is 25.4. The molecule has 208 valence electrons. The Bertz CT molecular complexity index is 1050. The Morgan fingerprint density at radius 1 is 0.711 bits per heavy atom. The lowest BCUT2D eigenvalue weighted by molar-refractivity contribution is -0.117. The maximum atomic E-state index is 13.1. The molecule has 2 aromatic carbocycles. The van der Waals surface area contributed by atoms with Gasteiger partial charge in [0.25, 0.3) is 0 Å². The van der Waals surface area contributed by atoms with E-state index in [0.717, 1.165) is 22.3 Å². The van der Waals surface area contributed by atoms with E-state index in [9.17, 15) is 4.79 Å². The number of hydrogen-bond acceptors (Lipinski definition) is 3. The van der Waals surface area contributed by atoms with Crippen LogP contribution in [-0.2, 0) is 13.6 Å². The van der Waals surface area contributed by atoms with Gasteiger partial charge in [-0.2, -0.15) is 0 Å². The van der Waals surface area contributed by atoms with Crippen molar-refractivity contribution < 1.29 is 13.6 Å². The molecule has 0 aliphatic rings. The molecule has 0 aliphatic carbocycles. The van der Waals surface area contributed by atoms with Crippen molar-refractivity contribution in [3.63, 3.8) is 0 Å². The van der Waals surface area contributed by atoms with E-state index >= 15 is 0 Å². The van der Waals surface area contributed by atoms with E-state index in [1.807, 2.05) is 24.3 Å². The molecule has 0 radical (unpaired) electrons. The minimum Gasteiger partial charge on any atom is -0.413 e. The zero-order valence-corrected chi connectivity index (χ0v) is 27.6. The van der Waals surface area contributed by atoms with Crippen LogP contribution < -0.4 is 0 Å². The Balaban J connectivity index is 2.32. The van der Waals surface area contributed by atoms with Crippen LogP contribution >= 0.6 is 0 Å². The fourth-order valence-electron chi connectivity index (χ4n) is 3.75. The summed E-state index contributed by atoms with van der Waals surface area (Å²) >= 11 is 0. The third-order valence-corrected chi connectivity index (χ3v) is 17.3. The van der Waals surface area contributed by atoms with E-state index in [4.69, 9.17) is 8.85 Å². The van der Waals surface area contributed by atoms with Crippen molar-refractivity contribution in [3.8, 4) is 0 Å². The Morgan fingerprint density at radius 3 is 1.37 bits per heavy atom. The van der Waals surface area contributed by atoms with Crippen molar-refractivity contribution in [2.75, 3.05) is 13.2 Å². The van der Waals surface area contributed by atoms with Gasteiger partial charge in [-0.05, 0) is 65.4 Å². The summed E-state index contributed by atoms with van der Waals surface area (Å²) in [7, 11) is -3.63. The van der Waals surface area contributed by atoms with Gasteiger partial charge < -0.3 is 8.85 Å². The van der Waals surface area contributed by atoms with Crippen molar-refractivity contribution in [2.45, 2.75) is 90.6 Å². The van der Waals surface area contributed by atoms with Gasteiger partial charge in [-0.1, -0.05) is 114 Å². The summed E-state index contributed by atoms with van der Waals surface area (Å²) in [5.41, 5.74) is 4.13. The molecule has 0 aliphatic heterocycles. The lowest BCUT2D eigenvalue weighted by Crippen LogP contribution is -2.40. The van der Waals surface area contributed by atoms with Crippen LogP contribution in [0.2, 0.25) is 36.3 Å². The van der Waals surface area contributed by atoms with E-state index in [2.05, 4.69) is 116 Å². The lowest BCUT2D eigenvalue weighted by Gasteiger charge is -2.35. The zero-order valence-electron chi connectivity index (χ0n) is 25.6. The second-order valence-electron chi connectivity index (χ2n) is 13.2. The molecule has 1 unspecified atom stereocenters. The lowest BCUT2D eigenvalue weighted by atomic mass is 9.83. The third-order valence-electron chi connectivity index (χ3n) is 8.31. The summed E-state index contributed by atoms with van der Waals surface area (Å²) in [6.07, 6.45) is 8.37. The molecule has 0 amide bonds. The van der Waals surface area contributed by atoms with E-state index in [1.165, 1.54) is 0 Å². The van der Waals surface area contributed by atoms with Crippen LogP contribution in [0.1, 0.15) is 76.6 Å². The predicted molar refractivity (Wildman–Crippen MR) is 170 cm³/mol. The maximum absolute atomic E-state index is 13.1. The van der Waals surface area contributed by atoms with Gasteiger partial charge in [0, 0.05) is 0 Å². The second-order valence-corrected chi connectivity index (χ2v) is 22.9. The van der Waals surface area contributed by atoms with Crippen LogP contribution in [0, 0.1) is 0 Å². The number of benzene rings is 2. The van der Waals surface area contributed by atoms with Gasteiger partial charge in [0.05, 0.1) is 19.1 Å². The monoisotopic (exact) mass is 550 g/mol. The highest BCUT2D eigenvalue weighted by Gasteiger charge is 2.37. The molecule has 0 heterocycles. The van der Waals surface area contributed by atoms with E-state index < -0.39 is 16.6 Å². The standard InChI is InChI=1S/C33H50O3Si2/c1-26(34)31(29-22-14-12-18-27(29)20-16-24-35-37(8,9)32(2,3)4)30-23-15-13-19-28(30)21-17-25-36-38(10,11)33(5,6)7/h12-23,31H,24-25H2,1-11H3/b20-16-,21-17+. The summed E-state index contributed by atoms with van der Waals surface area (Å²) in [5, 5.41) is 0.344. The number of ketones is 1. The van der Waals surface area contributed by atoms with Gasteiger partial charge in [0.15, 0.2) is 16.6 Å². The van der Waals surface area contributed by atoms with Crippen molar-refractivity contribution >= 4 is 34.6 Å². The number of carbonyl (C=O) groups excluding carboxylic acids is 1. The molecule has 0 bridgehead atoms. The quantitative estimate of drug-likeness (QED) is 0.261. The molecule has 0 fully saturated rings. The normalized spacial score (nSPS) is 14.4. The number of Topliss-reactive ketones (excluding diaryl/α,β-unsaturated/α-hetero) is 1. The van der Waals surface area contributed by atoms with E-state index in [0.29, 0.717) is 13.2 Å². The summed E-state index contributed by atoms with van der Waals surface area (Å²) in [5.74, 6) is -0.221. The topological polar surface area (TPSA) is 35.5 Å². The SMILES string of the molecule is CC(=O)C(c1ccccc1/C=C\CO[Si](C)(C)C(C)(C)C)c1ccccc1/C=C/CO[Si](C)(C)C(C)(C)C. The fourth-order valence-corrected chi connectivity index (χ4v) is 5.64. The Kier molecular flexibility index (Phi) is 10.9. The fraction of sp³-hybridized carbons (Fsp3) is 0.485. The smallest absolute Gasteiger partial charge is 0.192 e. The van der Waals surface area contributed by atoms with Crippen molar-refractivity contribution in [1.82, 2.24) is 0 Å². The predicted octanol–water partition coefficient (Wildman–Crippen LogP) is 9.48. The molecule has 3 nitrogen and oxygen atoms in total. The molecule has 2 aromatic rings. The van der Waals surface area contributed by atoms with Crippen molar-refractivity contribution in [1.29, 1.82) is 0 Å². The van der Waals surface area contributed by atoms with Gasteiger partial charge in [-0.25, -0.2) is 0 Å². The van der Waals surface area contributed by atoms with Gasteiger partial charge in [-0.15, -0.1) is 0 Å². The zero-order chi connectivity index (χ0) is 28.8. The molecule has 0 saturated carbocycles. The Labute approximate surface area is 234 Å². The highest BCUT2D eigenvalue weighted by atomic mass is 28.4. The Morgan fingerprint density at radius 2 is 1.05 bits per heavy atom. The van der Waals surface area contributed by atoms with Crippen LogP contribution in [0.4, 0.5) is 0 Å². The van der Waals surface area contributed by atoms with Crippen LogP contribution in [0.5, 0.6) is 0 Å². The highest BCUT2D eigenvalue weighted by molar-refractivity contribution is 6.74. The third kappa shape index (κ3) is 8.47. The minimum atomic E-state index is -1.82. The minimum absolute atomic E-state index is 0.127. The summed E-state index contributed by atoms with van der Waals surface area (Å²) < 4.78 is 12.7. The highest BCUT2D eigenvalue weighted by Crippen LogP contribution is 2.37. The number of hydrogen-bond donors (Lipinski definition) is 0. The maximum Gasteiger partial charge on any atom is 0.192 e. The largest absolute Gasteiger partial charge is 0.413 e.